The molecule has 1 atom stereocenters. The minimum Gasteiger partial charge on any atom is -0.392 e. The van der Waals surface area contributed by atoms with Crippen molar-refractivity contribution in [2.75, 3.05) is 37.7 Å². The zero-order valence-electron chi connectivity index (χ0n) is 14.1. The fourth-order valence-electron chi connectivity index (χ4n) is 3.62. The molecule has 1 N–H and O–H groups in total. The molecule has 0 aromatic heterocycles. The minimum atomic E-state index is -0.364. The summed E-state index contributed by atoms with van der Waals surface area (Å²) in [6.45, 7) is 4.81. The van der Waals surface area contributed by atoms with Crippen molar-refractivity contribution in [2.45, 2.75) is 32.4 Å². The van der Waals surface area contributed by atoms with E-state index in [1.165, 1.54) is 0 Å². The second-order valence-electron chi connectivity index (χ2n) is 6.62. The molecule has 2 saturated heterocycles. The molecule has 1 amide bonds. The van der Waals surface area contributed by atoms with Crippen LogP contribution >= 0.6 is 0 Å². The number of halogens is 1. The van der Waals surface area contributed by atoms with Crippen LogP contribution in [0, 0.1) is 11.7 Å². The van der Waals surface area contributed by atoms with Gasteiger partial charge in [0.15, 0.2) is 5.82 Å². The number of carbonyl (C=O) groups excluding carboxylic acids is 1. The van der Waals surface area contributed by atoms with E-state index in [0.717, 1.165) is 12.8 Å². The van der Waals surface area contributed by atoms with Crippen LogP contribution < -0.4 is 4.90 Å². The third kappa shape index (κ3) is 3.39. The highest BCUT2D eigenvalue weighted by molar-refractivity contribution is 5.79. The summed E-state index contributed by atoms with van der Waals surface area (Å²) in [4.78, 5) is 16.6. The average molecular weight is 336 g/mol. The predicted octanol–water partition coefficient (Wildman–Crippen LogP) is 1.78. The van der Waals surface area contributed by atoms with Crippen LogP contribution in [0.3, 0.4) is 0 Å². The Morgan fingerprint density at radius 1 is 1.33 bits per heavy atom. The van der Waals surface area contributed by atoms with Crippen molar-refractivity contribution < 1.29 is 19.0 Å². The van der Waals surface area contributed by atoms with Crippen LogP contribution in [0.5, 0.6) is 0 Å². The van der Waals surface area contributed by atoms with Crippen molar-refractivity contribution in [2.24, 2.45) is 5.92 Å². The molecule has 0 unspecified atom stereocenters. The lowest BCUT2D eigenvalue weighted by Gasteiger charge is -2.42. The van der Waals surface area contributed by atoms with Gasteiger partial charge in [-0.1, -0.05) is 12.1 Å². The van der Waals surface area contributed by atoms with Gasteiger partial charge in [0.1, 0.15) is 0 Å². The number of hydrogen-bond donors (Lipinski definition) is 1. The highest BCUT2D eigenvalue weighted by Gasteiger charge is 2.33. The van der Waals surface area contributed by atoms with Crippen molar-refractivity contribution in [1.29, 1.82) is 0 Å². The molecule has 1 aromatic rings. The Hall–Kier alpha value is -1.66. The van der Waals surface area contributed by atoms with Gasteiger partial charge in [-0.15, -0.1) is 0 Å². The van der Waals surface area contributed by atoms with Gasteiger partial charge in [-0.25, -0.2) is 4.39 Å². The standard InChI is InChI=1S/C18H25FN2O3/c1-13-11-20(16-4-2-3-15(12-22)17(16)19)7-8-21(13)18(23)14-5-9-24-10-6-14/h2-4,13-14,22H,5-12H2,1H3/t13-/m0/s1. The summed E-state index contributed by atoms with van der Waals surface area (Å²) in [5.74, 6) is -0.103. The number of hydrogen-bond acceptors (Lipinski definition) is 4. The molecule has 2 aliphatic heterocycles. The maximum absolute atomic E-state index is 14.4. The molecule has 5 nitrogen and oxygen atoms in total. The first-order valence-electron chi connectivity index (χ1n) is 8.63. The van der Waals surface area contributed by atoms with Gasteiger partial charge in [0.25, 0.3) is 0 Å². The van der Waals surface area contributed by atoms with Crippen molar-refractivity contribution in [1.82, 2.24) is 4.90 Å². The molecule has 0 aliphatic carbocycles. The molecule has 132 valence electrons. The summed E-state index contributed by atoms with van der Waals surface area (Å²) in [6, 6.07) is 5.12. The molecule has 0 spiro atoms. The van der Waals surface area contributed by atoms with Crippen LogP contribution in [0.1, 0.15) is 25.3 Å². The highest BCUT2D eigenvalue weighted by Crippen LogP contribution is 2.27. The van der Waals surface area contributed by atoms with Crippen LogP contribution in [0.15, 0.2) is 18.2 Å². The van der Waals surface area contributed by atoms with Gasteiger partial charge in [0, 0.05) is 50.4 Å². The topological polar surface area (TPSA) is 53.0 Å². The Balaban J connectivity index is 1.68. The van der Waals surface area contributed by atoms with E-state index < -0.39 is 0 Å². The molecular weight excluding hydrogens is 311 g/mol. The van der Waals surface area contributed by atoms with Crippen molar-refractivity contribution >= 4 is 11.6 Å². The van der Waals surface area contributed by atoms with E-state index >= 15 is 0 Å². The van der Waals surface area contributed by atoms with Crippen molar-refractivity contribution in [3.05, 3.63) is 29.6 Å². The summed E-state index contributed by atoms with van der Waals surface area (Å²) in [7, 11) is 0. The lowest BCUT2D eigenvalue weighted by Crippen LogP contribution is -2.56. The number of anilines is 1. The number of benzene rings is 1. The monoisotopic (exact) mass is 336 g/mol. The quantitative estimate of drug-likeness (QED) is 0.914. The predicted molar refractivity (Wildman–Crippen MR) is 89.3 cm³/mol. The number of amides is 1. The minimum absolute atomic E-state index is 0.0336. The van der Waals surface area contributed by atoms with E-state index in [-0.39, 0.29) is 30.3 Å². The smallest absolute Gasteiger partial charge is 0.226 e. The van der Waals surface area contributed by atoms with Crippen molar-refractivity contribution in [3.63, 3.8) is 0 Å². The van der Waals surface area contributed by atoms with Crippen LogP contribution in [-0.4, -0.2) is 54.8 Å². The number of aliphatic hydroxyl groups is 1. The summed E-state index contributed by atoms with van der Waals surface area (Å²) < 4.78 is 19.8. The molecule has 2 aliphatic rings. The Bertz CT molecular complexity index is 590. The number of rotatable bonds is 3. The van der Waals surface area contributed by atoms with Gasteiger partial charge in [-0.3, -0.25) is 4.79 Å². The zero-order valence-corrected chi connectivity index (χ0v) is 14.1. The van der Waals surface area contributed by atoms with E-state index in [9.17, 15) is 14.3 Å². The molecule has 1 aromatic carbocycles. The second-order valence-corrected chi connectivity index (χ2v) is 6.62. The zero-order chi connectivity index (χ0) is 17.1. The number of carbonyl (C=O) groups is 1. The third-order valence-corrected chi connectivity index (χ3v) is 5.05. The molecule has 0 bridgehead atoms. The van der Waals surface area contributed by atoms with E-state index in [2.05, 4.69) is 0 Å². The van der Waals surface area contributed by atoms with Gasteiger partial charge < -0.3 is 19.6 Å². The van der Waals surface area contributed by atoms with E-state index in [1.807, 2.05) is 16.7 Å². The number of ether oxygens (including phenoxy) is 1. The van der Waals surface area contributed by atoms with Gasteiger partial charge in [0.2, 0.25) is 5.91 Å². The van der Waals surface area contributed by atoms with Crippen LogP contribution in [0.2, 0.25) is 0 Å². The Labute approximate surface area is 142 Å². The first kappa shape index (κ1) is 17.2. The largest absolute Gasteiger partial charge is 0.392 e. The van der Waals surface area contributed by atoms with E-state index in [0.29, 0.717) is 44.1 Å². The summed E-state index contributed by atoms with van der Waals surface area (Å²) in [5.41, 5.74) is 0.812. The number of piperazine rings is 1. The van der Waals surface area contributed by atoms with Crippen LogP contribution in [-0.2, 0) is 16.1 Å². The molecule has 6 heteroatoms. The number of aliphatic hydroxyl groups excluding tert-OH is 1. The molecule has 0 radical (unpaired) electrons. The molecule has 24 heavy (non-hydrogen) atoms. The third-order valence-electron chi connectivity index (χ3n) is 5.05. The van der Waals surface area contributed by atoms with Gasteiger partial charge in [-0.05, 0) is 25.8 Å². The maximum atomic E-state index is 14.4. The van der Waals surface area contributed by atoms with Gasteiger partial charge in [0.05, 0.1) is 12.3 Å². The summed E-state index contributed by atoms with van der Waals surface area (Å²) in [6.07, 6.45) is 1.58. The van der Waals surface area contributed by atoms with E-state index in [4.69, 9.17) is 4.74 Å². The SMILES string of the molecule is C[C@H]1CN(c2cccc(CO)c2F)CCN1C(=O)C1CCOCC1. The molecule has 2 fully saturated rings. The highest BCUT2D eigenvalue weighted by atomic mass is 19.1. The Morgan fingerprint density at radius 2 is 2.08 bits per heavy atom. The molecule has 2 heterocycles. The van der Waals surface area contributed by atoms with Crippen molar-refractivity contribution in [3.8, 4) is 0 Å². The van der Waals surface area contributed by atoms with Crippen LogP contribution in [0.25, 0.3) is 0 Å². The number of nitrogens with zero attached hydrogens (tertiary/aromatic N) is 2. The summed E-state index contributed by atoms with van der Waals surface area (Å²) >= 11 is 0. The maximum Gasteiger partial charge on any atom is 0.226 e. The fraction of sp³-hybridized carbons (Fsp3) is 0.611. The first-order valence-corrected chi connectivity index (χ1v) is 8.63. The lowest BCUT2D eigenvalue weighted by molar-refractivity contribution is -0.141. The molecule has 3 rings (SSSR count). The molecular formula is C18H25FN2O3. The van der Waals surface area contributed by atoms with Crippen LogP contribution in [0.4, 0.5) is 10.1 Å². The lowest BCUT2D eigenvalue weighted by atomic mass is 9.97. The fourth-order valence-corrected chi connectivity index (χ4v) is 3.62. The summed E-state index contributed by atoms with van der Waals surface area (Å²) in [5, 5.41) is 9.23. The Morgan fingerprint density at radius 3 is 2.75 bits per heavy atom. The molecule has 0 saturated carbocycles. The van der Waals surface area contributed by atoms with E-state index in [1.54, 1.807) is 18.2 Å². The normalized spacial score (nSPS) is 22.7. The van der Waals surface area contributed by atoms with Gasteiger partial charge in [-0.2, -0.15) is 0 Å². The van der Waals surface area contributed by atoms with Gasteiger partial charge >= 0.3 is 0 Å². The Kier molecular flexibility index (Phi) is 5.36. The second kappa shape index (κ2) is 7.49. The first-order chi connectivity index (χ1) is 11.6. The average Bonchev–Trinajstić information content (AvgIpc) is 2.62.